The van der Waals surface area contributed by atoms with Gasteiger partial charge in [0.05, 0.1) is 11.7 Å². The number of nitrogens with one attached hydrogen (secondary N) is 1. The van der Waals surface area contributed by atoms with Crippen molar-refractivity contribution in [2.75, 3.05) is 5.32 Å². The normalized spacial score (nSPS) is 14.1. The predicted molar refractivity (Wildman–Crippen MR) is 153 cm³/mol. The van der Waals surface area contributed by atoms with Crippen LogP contribution in [-0.2, 0) is 14.9 Å². The quantitative estimate of drug-likeness (QED) is 0.289. The molecule has 0 saturated heterocycles. The molecule has 0 unspecified atom stereocenters. The Bertz CT molecular complexity index is 1730. The summed E-state index contributed by atoms with van der Waals surface area (Å²) in [5, 5.41) is 15.7. The third-order valence-corrected chi connectivity index (χ3v) is 7.85. The van der Waals surface area contributed by atoms with Gasteiger partial charge in [-0.05, 0) is 54.7 Å². The summed E-state index contributed by atoms with van der Waals surface area (Å²) in [6.45, 7) is 1.77. The second-order valence-electron chi connectivity index (χ2n) is 10.0. The van der Waals surface area contributed by atoms with Gasteiger partial charge in [-0.1, -0.05) is 90.5 Å². The number of carboxylic acids is 1. The van der Waals surface area contributed by atoms with Crippen molar-refractivity contribution in [1.29, 1.82) is 0 Å². The van der Waals surface area contributed by atoms with Crippen LogP contribution in [0.1, 0.15) is 37.0 Å². The van der Waals surface area contributed by atoms with E-state index in [1.165, 1.54) is 0 Å². The summed E-state index contributed by atoms with van der Waals surface area (Å²) in [5.41, 5.74) is 4.51. The van der Waals surface area contributed by atoms with Gasteiger partial charge in [0.25, 0.3) is 0 Å². The fourth-order valence-electron chi connectivity index (χ4n) is 5.06. The van der Waals surface area contributed by atoms with Crippen molar-refractivity contribution in [2.24, 2.45) is 0 Å². The molecule has 1 saturated carbocycles. The average molecular weight is 574 g/mol. The second kappa shape index (κ2) is 11.7. The topological polar surface area (TPSA) is 91.6 Å². The van der Waals surface area contributed by atoms with Crippen LogP contribution < -0.4 is 40.0 Å². The number of ether oxygens (including phenoxy) is 1. The molecule has 1 atom stereocenters. The molecule has 1 aromatic heterocycles. The summed E-state index contributed by atoms with van der Waals surface area (Å²) < 4.78 is 11.8. The summed E-state index contributed by atoms with van der Waals surface area (Å²) in [5.74, 6) is -0.503. The Morgan fingerprint density at radius 2 is 1.46 bits per heavy atom. The first-order valence-electron chi connectivity index (χ1n) is 13.0. The molecule has 1 aliphatic rings. The van der Waals surface area contributed by atoms with E-state index >= 15 is 0 Å². The second-order valence-corrected chi connectivity index (χ2v) is 10.4. The Hall–Kier alpha value is -3.55. The molecular formula is C33H25ClNNaO5. The zero-order valence-electron chi connectivity index (χ0n) is 22.6. The van der Waals surface area contributed by atoms with Gasteiger partial charge in [-0.15, -0.1) is 0 Å². The zero-order valence-corrected chi connectivity index (χ0v) is 25.4. The molecule has 0 bridgehead atoms. The van der Waals surface area contributed by atoms with Gasteiger partial charge in [0.2, 0.25) is 0 Å². The zero-order chi connectivity index (χ0) is 27.9. The molecule has 0 radical (unpaired) electrons. The van der Waals surface area contributed by atoms with Crippen molar-refractivity contribution < 1.29 is 53.4 Å². The molecule has 1 amide bonds. The molecule has 4 aromatic carbocycles. The van der Waals surface area contributed by atoms with E-state index in [0.717, 1.165) is 27.6 Å². The molecule has 1 heterocycles. The maximum absolute atomic E-state index is 13.0. The van der Waals surface area contributed by atoms with Gasteiger partial charge in [0, 0.05) is 27.0 Å². The van der Waals surface area contributed by atoms with Crippen molar-refractivity contribution in [2.45, 2.75) is 31.3 Å². The van der Waals surface area contributed by atoms with Crippen LogP contribution in [0.3, 0.4) is 0 Å². The van der Waals surface area contributed by atoms with Gasteiger partial charge >= 0.3 is 35.7 Å². The number of aliphatic carboxylic acids is 1. The minimum Gasteiger partial charge on any atom is -0.549 e. The molecule has 41 heavy (non-hydrogen) atoms. The van der Waals surface area contributed by atoms with E-state index in [2.05, 4.69) is 5.32 Å². The van der Waals surface area contributed by atoms with E-state index in [1.807, 2.05) is 91.0 Å². The molecule has 1 N–H and O–H groups in total. The van der Waals surface area contributed by atoms with Crippen LogP contribution >= 0.6 is 11.6 Å². The van der Waals surface area contributed by atoms with Crippen molar-refractivity contribution in [3.63, 3.8) is 0 Å². The van der Waals surface area contributed by atoms with Crippen LogP contribution in [0.25, 0.3) is 33.4 Å². The molecule has 200 valence electrons. The third-order valence-electron chi connectivity index (χ3n) is 7.51. The molecule has 6 nitrogen and oxygen atoms in total. The summed E-state index contributed by atoms with van der Waals surface area (Å²) in [6, 6.07) is 30.1. The summed E-state index contributed by atoms with van der Waals surface area (Å²) in [6.07, 6.45) is 0.0532. The first-order chi connectivity index (χ1) is 19.4. The molecule has 6 rings (SSSR count). The number of benzene rings is 4. The summed E-state index contributed by atoms with van der Waals surface area (Å²) in [7, 11) is 0. The number of furan rings is 1. The number of carbonyl (C=O) groups is 2. The first kappa shape index (κ1) is 29.0. The van der Waals surface area contributed by atoms with Crippen molar-refractivity contribution in [1.82, 2.24) is 0 Å². The van der Waals surface area contributed by atoms with E-state index in [0.29, 0.717) is 40.5 Å². The SMILES string of the molecule is C[C@@H](OC(=O)Nc1c(-c2ccc(-c3ccc(C4(C(=O)[O-])CC4)cc3)cc2)oc2ccccc12)c1ccccc1Cl.[Na+]. The van der Waals surface area contributed by atoms with Crippen LogP contribution in [0.4, 0.5) is 10.5 Å². The molecular weight excluding hydrogens is 549 g/mol. The molecule has 1 fully saturated rings. The maximum atomic E-state index is 13.0. The average Bonchev–Trinajstić information content (AvgIpc) is 3.71. The smallest absolute Gasteiger partial charge is 0.549 e. The van der Waals surface area contributed by atoms with Crippen molar-refractivity contribution in [3.05, 3.63) is 113 Å². The number of carboxylic acid groups (broad SMARTS) is 1. The van der Waals surface area contributed by atoms with Crippen LogP contribution in [0.15, 0.2) is 101 Å². The Balaban J connectivity index is 0.00000337. The number of para-hydroxylation sites is 1. The minimum absolute atomic E-state index is 0. The number of hydrogen-bond donors (Lipinski definition) is 1. The fourth-order valence-corrected chi connectivity index (χ4v) is 5.35. The Kier molecular flexibility index (Phi) is 8.30. The van der Waals surface area contributed by atoms with Gasteiger partial charge in [-0.3, -0.25) is 5.32 Å². The van der Waals surface area contributed by atoms with Gasteiger partial charge in [-0.25, -0.2) is 4.79 Å². The van der Waals surface area contributed by atoms with Crippen LogP contribution in [0.5, 0.6) is 0 Å². The number of anilines is 1. The van der Waals surface area contributed by atoms with Gasteiger partial charge in [-0.2, -0.15) is 0 Å². The molecule has 0 spiro atoms. The molecule has 1 aliphatic carbocycles. The van der Waals surface area contributed by atoms with E-state index in [1.54, 1.807) is 13.0 Å². The van der Waals surface area contributed by atoms with E-state index in [9.17, 15) is 14.7 Å². The number of hydrogen-bond acceptors (Lipinski definition) is 5. The Morgan fingerprint density at radius 3 is 2.10 bits per heavy atom. The Morgan fingerprint density at radius 1 is 0.878 bits per heavy atom. The predicted octanol–water partition coefficient (Wildman–Crippen LogP) is 4.52. The third kappa shape index (κ3) is 5.66. The number of amides is 1. The minimum atomic E-state index is -1.01. The Labute approximate surface area is 264 Å². The molecule has 0 aliphatic heterocycles. The first-order valence-corrected chi connectivity index (χ1v) is 13.4. The summed E-state index contributed by atoms with van der Waals surface area (Å²) in [4.78, 5) is 24.5. The number of fused-ring (bicyclic) bond motifs is 1. The van der Waals surface area contributed by atoms with Crippen molar-refractivity contribution in [3.8, 4) is 22.5 Å². The van der Waals surface area contributed by atoms with Crippen LogP contribution in [-0.4, -0.2) is 12.1 Å². The number of halogens is 1. The van der Waals surface area contributed by atoms with E-state index in [4.69, 9.17) is 20.8 Å². The van der Waals surface area contributed by atoms with Crippen LogP contribution in [0, 0.1) is 0 Å². The van der Waals surface area contributed by atoms with Gasteiger partial charge in [0.15, 0.2) is 5.76 Å². The van der Waals surface area contributed by atoms with Crippen molar-refractivity contribution >= 4 is 40.3 Å². The number of rotatable bonds is 7. The monoisotopic (exact) mass is 573 g/mol. The molecule has 5 aromatic rings. The maximum Gasteiger partial charge on any atom is 1.00 e. The summed E-state index contributed by atoms with van der Waals surface area (Å²) >= 11 is 6.28. The van der Waals surface area contributed by atoms with E-state index in [-0.39, 0.29) is 29.6 Å². The van der Waals surface area contributed by atoms with Crippen LogP contribution in [0.2, 0.25) is 5.02 Å². The number of carbonyl (C=O) groups excluding carboxylic acids is 2. The standard InChI is InChI=1S/C33H26ClNO5.Na/c1-20(25-6-2-4-8-27(25)34)39-32(38)35-29-26-7-3-5-9-28(26)40-30(29)23-12-10-21(11-13-23)22-14-16-24(17-15-22)33(18-19-33)31(36)37;/h2-17,20H,18-19H2,1H3,(H,35,38)(H,36,37);/q;+1/p-1/t20-;/m1./s1. The van der Waals surface area contributed by atoms with Gasteiger partial charge in [0.1, 0.15) is 11.7 Å². The van der Waals surface area contributed by atoms with Gasteiger partial charge < -0.3 is 19.1 Å². The molecule has 8 heteroatoms. The fraction of sp³-hybridized carbons (Fsp3) is 0.152. The largest absolute Gasteiger partial charge is 1.00 e. The van der Waals surface area contributed by atoms with E-state index < -0.39 is 23.6 Å².